The van der Waals surface area contributed by atoms with Crippen LogP contribution in [0.2, 0.25) is 0 Å². The zero-order chi connectivity index (χ0) is 19.3. The number of carbonyl (C=O) groups excluding carboxylic acids is 1. The fourth-order valence-electron chi connectivity index (χ4n) is 4.19. The molecule has 0 saturated carbocycles. The van der Waals surface area contributed by atoms with Gasteiger partial charge in [0.05, 0.1) is 16.9 Å². The molecule has 3 atom stereocenters. The quantitative estimate of drug-likeness (QED) is 0.522. The molecule has 2 aliphatic rings. The molecule has 0 bridgehead atoms. The van der Waals surface area contributed by atoms with Crippen LogP contribution in [0, 0.1) is 5.41 Å². The molecule has 28 heavy (non-hydrogen) atoms. The van der Waals surface area contributed by atoms with Crippen LogP contribution in [0.3, 0.4) is 0 Å². The minimum atomic E-state index is -1.10. The van der Waals surface area contributed by atoms with Gasteiger partial charge in [-0.25, -0.2) is 0 Å². The number of rotatable bonds is 1. The van der Waals surface area contributed by atoms with Crippen LogP contribution in [0.15, 0.2) is 82.2 Å². The molecule has 3 nitrogen and oxygen atoms in total. The Balaban J connectivity index is 1.76. The summed E-state index contributed by atoms with van der Waals surface area (Å²) in [5.41, 5.74) is 1.20. The number of thioether (sulfide) groups is 1. The summed E-state index contributed by atoms with van der Waals surface area (Å²) in [6.45, 7) is 0.136. The van der Waals surface area contributed by atoms with Crippen molar-refractivity contribution in [2.24, 2.45) is 5.41 Å². The number of halogens is 1. The van der Waals surface area contributed by atoms with Crippen molar-refractivity contribution in [2.45, 2.75) is 16.2 Å². The Morgan fingerprint density at radius 3 is 2.46 bits per heavy atom. The average molecular weight is 453 g/mol. The second-order valence-corrected chi connectivity index (χ2v) is 9.12. The monoisotopic (exact) mass is 452 g/mol. The van der Waals surface area contributed by atoms with Crippen molar-refractivity contribution >= 4 is 33.5 Å². The Morgan fingerprint density at radius 2 is 1.64 bits per heavy atom. The van der Waals surface area contributed by atoms with Crippen LogP contribution >= 0.6 is 27.7 Å². The van der Waals surface area contributed by atoms with E-state index in [4.69, 9.17) is 4.74 Å². The maximum absolute atomic E-state index is 13.8. The third-order valence-electron chi connectivity index (χ3n) is 5.62. The van der Waals surface area contributed by atoms with E-state index in [1.165, 1.54) is 0 Å². The predicted molar refractivity (Wildman–Crippen MR) is 113 cm³/mol. The van der Waals surface area contributed by atoms with Gasteiger partial charge < -0.3 is 9.84 Å². The van der Waals surface area contributed by atoms with Gasteiger partial charge in [0.25, 0.3) is 0 Å². The molecule has 5 heteroatoms. The molecule has 2 heterocycles. The summed E-state index contributed by atoms with van der Waals surface area (Å²) >= 11 is 5.27. The summed E-state index contributed by atoms with van der Waals surface area (Å²) in [7, 11) is 0. The fourth-order valence-corrected chi connectivity index (χ4v) is 6.43. The maximum atomic E-state index is 13.8. The third-order valence-corrected chi connectivity index (χ3v) is 7.88. The van der Waals surface area contributed by atoms with Gasteiger partial charge in [0.2, 0.25) is 0 Å². The fraction of sp³-hybridized carbons (Fsp3) is 0.174. The molecule has 0 unspecified atom stereocenters. The van der Waals surface area contributed by atoms with Crippen LogP contribution in [0.4, 0.5) is 0 Å². The van der Waals surface area contributed by atoms with E-state index in [-0.39, 0.29) is 17.6 Å². The van der Waals surface area contributed by atoms with Crippen LogP contribution in [0.1, 0.15) is 32.8 Å². The maximum Gasteiger partial charge on any atom is 0.180 e. The minimum Gasteiger partial charge on any atom is -0.492 e. The SMILES string of the molecule is O=C1c2ccccc2OC[C@]12[C@@H](O)c1ccccc1S[C@H]2c1ccccc1Br. The first-order valence-corrected chi connectivity index (χ1v) is 10.7. The predicted octanol–water partition coefficient (Wildman–Crippen LogP) is 5.59. The number of Topliss-reactive ketones (excluding diaryl/α,β-unsaturated/α-hetero) is 1. The molecule has 5 rings (SSSR count). The van der Waals surface area contributed by atoms with E-state index >= 15 is 0 Å². The molecule has 0 saturated heterocycles. The van der Waals surface area contributed by atoms with E-state index in [2.05, 4.69) is 15.9 Å². The first kappa shape index (κ1) is 18.0. The Kier molecular flexibility index (Phi) is 4.34. The molecule has 140 valence electrons. The van der Waals surface area contributed by atoms with Crippen LogP contribution in [0.25, 0.3) is 0 Å². The summed E-state index contributed by atoms with van der Waals surface area (Å²) in [4.78, 5) is 14.8. The first-order chi connectivity index (χ1) is 13.6. The number of fused-ring (bicyclic) bond motifs is 2. The Labute approximate surface area is 175 Å². The van der Waals surface area contributed by atoms with Crippen molar-refractivity contribution in [3.63, 3.8) is 0 Å². The van der Waals surface area contributed by atoms with Crippen LogP contribution in [-0.4, -0.2) is 17.5 Å². The highest BCUT2D eigenvalue weighted by Gasteiger charge is 2.59. The highest BCUT2D eigenvalue weighted by molar-refractivity contribution is 9.10. The van der Waals surface area contributed by atoms with E-state index < -0.39 is 11.5 Å². The summed E-state index contributed by atoms with van der Waals surface area (Å²) in [6, 6.07) is 22.9. The largest absolute Gasteiger partial charge is 0.492 e. The van der Waals surface area contributed by atoms with E-state index in [0.29, 0.717) is 11.3 Å². The number of ketones is 1. The third kappa shape index (κ3) is 2.50. The molecule has 0 fully saturated rings. The lowest BCUT2D eigenvalue weighted by atomic mass is 9.68. The van der Waals surface area contributed by atoms with Crippen LogP contribution in [0.5, 0.6) is 5.75 Å². The summed E-state index contributed by atoms with van der Waals surface area (Å²) in [5.74, 6) is 0.518. The lowest BCUT2D eigenvalue weighted by Crippen LogP contribution is -2.50. The molecule has 1 N–H and O–H groups in total. The second kappa shape index (κ2) is 6.76. The number of carbonyl (C=O) groups is 1. The molecule has 2 aliphatic heterocycles. The van der Waals surface area contributed by atoms with Gasteiger partial charge in [-0.1, -0.05) is 64.5 Å². The van der Waals surface area contributed by atoms with E-state index in [0.717, 1.165) is 20.5 Å². The molecule has 1 spiro atoms. The van der Waals surface area contributed by atoms with Gasteiger partial charge in [0.1, 0.15) is 17.8 Å². The highest BCUT2D eigenvalue weighted by atomic mass is 79.9. The van der Waals surface area contributed by atoms with Crippen LogP contribution < -0.4 is 4.74 Å². The number of hydrogen-bond acceptors (Lipinski definition) is 4. The molecular weight excluding hydrogens is 436 g/mol. The second-order valence-electron chi connectivity index (χ2n) is 7.11. The lowest BCUT2D eigenvalue weighted by Gasteiger charge is -2.48. The zero-order valence-electron chi connectivity index (χ0n) is 14.8. The molecule has 0 amide bonds. The van der Waals surface area contributed by atoms with Crippen molar-refractivity contribution in [3.8, 4) is 5.75 Å². The smallest absolute Gasteiger partial charge is 0.180 e. The number of aliphatic hydroxyl groups is 1. The van der Waals surface area contributed by atoms with Gasteiger partial charge in [0.15, 0.2) is 5.78 Å². The zero-order valence-corrected chi connectivity index (χ0v) is 17.2. The van der Waals surface area contributed by atoms with Crippen LogP contribution in [-0.2, 0) is 0 Å². The van der Waals surface area contributed by atoms with Crippen molar-refractivity contribution in [1.29, 1.82) is 0 Å². The minimum absolute atomic E-state index is 0.0652. The molecule has 0 aromatic heterocycles. The van der Waals surface area contributed by atoms with Gasteiger partial charge >= 0.3 is 0 Å². The average Bonchev–Trinajstić information content (AvgIpc) is 2.73. The standard InChI is InChI=1S/C23H17BrO3S/c24-17-10-4-1-7-14(17)22-23(21(26)16-9-3-6-12-19(16)28-22)13-27-18-11-5-2-8-15(18)20(23)25/h1-12,21-22,26H,13H2/t21-,22-,23+/m0/s1. The van der Waals surface area contributed by atoms with Crippen molar-refractivity contribution in [1.82, 2.24) is 0 Å². The van der Waals surface area contributed by atoms with Gasteiger partial charge in [-0.3, -0.25) is 4.79 Å². The Morgan fingerprint density at radius 1 is 0.964 bits per heavy atom. The summed E-state index contributed by atoms with van der Waals surface area (Å²) < 4.78 is 6.98. The summed E-state index contributed by atoms with van der Waals surface area (Å²) in [6.07, 6.45) is -0.956. The van der Waals surface area contributed by atoms with Gasteiger partial charge in [-0.05, 0) is 35.4 Å². The molecule has 3 aromatic carbocycles. The normalized spacial score (nSPS) is 25.7. The van der Waals surface area contributed by atoms with Crippen molar-refractivity contribution in [3.05, 3.63) is 94.0 Å². The summed E-state index contributed by atoms with van der Waals surface area (Å²) in [5, 5.41) is 11.2. The Bertz CT molecular complexity index is 1080. The van der Waals surface area contributed by atoms with Gasteiger partial charge in [-0.15, -0.1) is 11.8 Å². The van der Waals surface area contributed by atoms with Crippen molar-refractivity contribution in [2.75, 3.05) is 6.61 Å². The van der Waals surface area contributed by atoms with Gasteiger partial charge in [0, 0.05) is 9.37 Å². The number of aliphatic hydroxyl groups excluding tert-OH is 1. The van der Waals surface area contributed by atoms with E-state index in [9.17, 15) is 9.90 Å². The first-order valence-electron chi connectivity index (χ1n) is 9.07. The number of ether oxygens (including phenoxy) is 1. The van der Waals surface area contributed by atoms with E-state index in [1.54, 1.807) is 17.8 Å². The van der Waals surface area contributed by atoms with Crippen molar-refractivity contribution < 1.29 is 14.6 Å². The molecule has 3 aromatic rings. The number of para-hydroxylation sites is 1. The van der Waals surface area contributed by atoms with E-state index in [1.807, 2.05) is 66.7 Å². The molecule has 0 radical (unpaired) electrons. The van der Waals surface area contributed by atoms with Gasteiger partial charge in [-0.2, -0.15) is 0 Å². The molecule has 0 aliphatic carbocycles. The molecular formula is C23H17BrO3S. The lowest BCUT2D eigenvalue weighted by molar-refractivity contribution is -0.0122. The topological polar surface area (TPSA) is 46.5 Å². The Hall–Kier alpha value is -2.08. The highest BCUT2D eigenvalue weighted by Crippen LogP contribution is 2.62. The number of hydrogen-bond donors (Lipinski definition) is 1. The number of benzene rings is 3.